The fourth-order valence-electron chi connectivity index (χ4n) is 1.61. The lowest BCUT2D eigenvalue weighted by Gasteiger charge is -2.16. The third-order valence-electron chi connectivity index (χ3n) is 2.62. The number of nitrogens with one attached hydrogen (secondary N) is 2. The van der Waals surface area contributed by atoms with Gasteiger partial charge in [-0.25, -0.2) is 9.82 Å². The van der Waals surface area contributed by atoms with Crippen LogP contribution in [0.3, 0.4) is 0 Å². The smallest absolute Gasteiger partial charge is 0.337 e. The zero-order valence-corrected chi connectivity index (χ0v) is 12.6. The molecule has 9 heteroatoms. The van der Waals surface area contributed by atoms with E-state index in [1.807, 2.05) is 30.3 Å². The fraction of sp³-hybridized carbons (Fsp3) is 0.333. The van der Waals surface area contributed by atoms with Crippen LogP contribution in [0.5, 0.6) is 6.01 Å². The summed E-state index contributed by atoms with van der Waals surface area (Å²) in [6.07, 6.45) is 0. The molecule has 0 saturated carbocycles. The van der Waals surface area contributed by atoms with Gasteiger partial charge in [0.1, 0.15) is 0 Å². The van der Waals surface area contributed by atoms with Crippen LogP contribution in [0, 0.1) is 0 Å². The summed E-state index contributed by atoms with van der Waals surface area (Å²) in [6, 6.07) is 9.39. The molecule has 21 heavy (non-hydrogen) atoms. The fourth-order valence-corrected chi connectivity index (χ4v) is 2.42. The molecule has 0 bridgehead atoms. The van der Waals surface area contributed by atoms with Crippen LogP contribution in [0.2, 0.25) is 0 Å². The molecular formula is C12H17N5O3S. The Balaban J connectivity index is 2.03. The number of aromatic amines is 1. The van der Waals surface area contributed by atoms with Crippen molar-refractivity contribution >= 4 is 16.2 Å². The maximum atomic E-state index is 12.2. The van der Waals surface area contributed by atoms with Crippen molar-refractivity contribution in [2.75, 3.05) is 18.4 Å². The molecule has 0 unspecified atom stereocenters. The van der Waals surface area contributed by atoms with Crippen LogP contribution < -0.4 is 9.46 Å². The van der Waals surface area contributed by atoms with E-state index >= 15 is 0 Å². The van der Waals surface area contributed by atoms with Crippen molar-refractivity contribution in [2.24, 2.45) is 0 Å². The van der Waals surface area contributed by atoms with E-state index in [-0.39, 0.29) is 18.5 Å². The van der Waals surface area contributed by atoms with Crippen LogP contribution in [0.4, 0.5) is 5.95 Å². The third kappa shape index (κ3) is 4.17. The monoisotopic (exact) mass is 311 g/mol. The first-order valence-corrected chi connectivity index (χ1v) is 7.78. The average Bonchev–Trinajstić information content (AvgIpc) is 2.87. The van der Waals surface area contributed by atoms with Gasteiger partial charge in [0, 0.05) is 13.6 Å². The Morgan fingerprint density at radius 1 is 1.33 bits per heavy atom. The van der Waals surface area contributed by atoms with E-state index in [2.05, 4.69) is 19.9 Å². The molecule has 8 nitrogen and oxygen atoms in total. The molecule has 2 aromatic rings. The Labute approximate surface area is 123 Å². The minimum atomic E-state index is -3.72. The summed E-state index contributed by atoms with van der Waals surface area (Å²) >= 11 is 0. The van der Waals surface area contributed by atoms with Crippen molar-refractivity contribution in [3.63, 3.8) is 0 Å². The van der Waals surface area contributed by atoms with Crippen molar-refractivity contribution in [1.82, 2.24) is 19.5 Å². The second-order valence-electron chi connectivity index (χ2n) is 4.25. The predicted molar refractivity (Wildman–Crippen MR) is 78.0 cm³/mol. The second-order valence-corrected chi connectivity index (χ2v) is 6.03. The Morgan fingerprint density at radius 3 is 2.71 bits per heavy atom. The Hall–Kier alpha value is -2.13. The minimum Gasteiger partial charge on any atom is -0.463 e. The Kier molecular flexibility index (Phi) is 4.76. The molecule has 2 N–H and O–H groups in total. The second kappa shape index (κ2) is 6.55. The number of nitrogens with zero attached hydrogens (tertiary/aromatic N) is 3. The molecule has 0 spiro atoms. The molecule has 2 rings (SSSR count). The normalized spacial score (nSPS) is 11.6. The van der Waals surface area contributed by atoms with E-state index in [0.29, 0.717) is 6.61 Å². The topological polar surface area (TPSA) is 100 Å². The van der Waals surface area contributed by atoms with Crippen molar-refractivity contribution in [3.05, 3.63) is 35.9 Å². The van der Waals surface area contributed by atoms with E-state index in [1.54, 1.807) is 6.92 Å². The summed E-state index contributed by atoms with van der Waals surface area (Å²) in [5, 5.41) is 6.19. The van der Waals surface area contributed by atoms with Crippen molar-refractivity contribution in [1.29, 1.82) is 0 Å². The number of benzene rings is 1. The molecular weight excluding hydrogens is 294 g/mol. The zero-order chi connectivity index (χ0) is 15.3. The number of ether oxygens (including phenoxy) is 1. The van der Waals surface area contributed by atoms with Gasteiger partial charge >= 0.3 is 16.2 Å². The van der Waals surface area contributed by atoms with Gasteiger partial charge in [-0.2, -0.15) is 17.7 Å². The molecule has 1 aromatic carbocycles. The van der Waals surface area contributed by atoms with Gasteiger partial charge in [0.25, 0.3) is 0 Å². The summed E-state index contributed by atoms with van der Waals surface area (Å²) in [5.41, 5.74) is 0.887. The molecule has 0 amide bonds. The van der Waals surface area contributed by atoms with Crippen LogP contribution in [-0.2, 0) is 16.8 Å². The van der Waals surface area contributed by atoms with Crippen LogP contribution >= 0.6 is 0 Å². The molecule has 0 fully saturated rings. The highest BCUT2D eigenvalue weighted by Gasteiger charge is 2.19. The van der Waals surface area contributed by atoms with Gasteiger partial charge in [0.05, 0.1) is 6.61 Å². The average molecular weight is 311 g/mol. The summed E-state index contributed by atoms with van der Waals surface area (Å²) in [7, 11) is -2.24. The molecule has 0 saturated heterocycles. The number of hydrogen-bond acceptors (Lipinski definition) is 5. The summed E-state index contributed by atoms with van der Waals surface area (Å²) in [4.78, 5) is 3.87. The van der Waals surface area contributed by atoms with Crippen molar-refractivity contribution in [2.45, 2.75) is 13.5 Å². The highest BCUT2D eigenvalue weighted by molar-refractivity contribution is 7.90. The number of aromatic nitrogens is 3. The predicted octanol–water partition coefficient (Wildman–Crippen LogP) is 0.992. The van der Waals surface area contributed by atoms with E-state index in [0.717, 1.165) is 5.56 Å². The lowest BCUT2D eigenvalue weighted by Crippen LogP contribution is -2.32. The maximum absolute atomic E-state index is 12.2. The van der Waals surface area contributed by atoms with E-state index in [4.69, 9.17) is 4.74 Å². The largest absolute Gasteiger partial charge is 0.463 e. The zero-order valence-electron chi connectivity index (χ0n) is 11.8. The van der Waals surface area contributed by atoms with Crippen LogP contribution in [-0.4, -0.2) is 41.6 Å². The third-order valence-corrected chi connectivity index (χ3v) is 4.02. The Morgan fingerprint density at radius 2 is 2.05 bits per heavy atom. The molecule has 114 valence electrons. The van der Waals surface area contributed by atoms with Gasteiger partial charge in [0.15, 0.2) is 0 Å². The van der Waals surface area contributed by atoms with Crippen LogP contribution in [0.15, 0.2) is 30.3 Å². The van der Waals surface area contributed by atoms with Gasteiger partial charge in [-0.15, -0.1) is 5.10 Å². The van der Waals surface area contributed by atoms with Gasteiger partial charge in [0.2, 0.25) is 5.95 Å². The van der Waals surface area contributed by atoms with E-state index in [1.165, 1.54) is 11.4 Å². The Bertz CT molecular complexity index is 671. The van der Waals surface area contributed by atoms with E-state index in [9.17, 15) is 8.42 Å². The number of hydrogen-bond donors (Lipinski definition) is 2. The van der Waals surface area contributed by atoms with Crippen molar-refractivity contribution < 1.29 is 13.2 Å². The van der Waals surface area contributed by atoms with Gasteiger partial charge in [-0.1, -0.05) is 30.3 Å². The van der Waals surface area contributed by atoms with Crippen LogP contribution in [0.1, 0.15) is 12.5 Å². The number of rotatable bonds is 7. The first-order valence-electron chi connectivity index (χ1n) is 6.34. The molecule has 1 aromatic heterocycles. The van der Waals surface area contributed by atoms with Gasteiger partial charge < -0.3 is 4.74 Å². The first-order chi connectivity index (χ1) is 10.0. The molecule has 0 atom stereocenters. The molecule has 1 heterocycles. The molecule has 0 radical (unpaired) electrons. The van der Waals surface area contributed by atoms with Gasteiger partial charge in [-0.3, -0.25) is 0 Å². The van der Waals surface area contributed by atoms with Crippen molar-refractivity contribution in [3.8, 4) is 6.01 Å². The lowest BCUT2D eigenvalue weighted by atomic mass is 10.2. The first kappa shape index (κ1) is 15.3. The SMILES string of the molecule is CCOc1n[nH]c(NS(=O)(=O)N(C)Cc2ccccc2)n1. The molecule has 0 aliphatic carbocycles. The highest BCUT2D eigenvalue weighted by Crippen LogP contribution is 2.11. The number of anilines is 1. The summed E-state index contributed by atoms with van der Waals surface area (Å²) in [6.45, 7) is 2.44. The number of H-pyrrole nitrogens is 1. The summed E-state index contributed by atoms with van der Waals surface area (Å²) in [5.74, 6) is 0.0124. The highest BCUT2D eigenvalue weighted by atomic mass is 32.2. The van der Waals surface area contributed by atoms with Crippen LogP contribution in [0.25, 0.3) is 0 Å². The maximum Gasteiger partial charge on any atom is 0.337 e. The minimum absolute atomic E-state index is 0.0124. The molecule has 0 aliphatic heterocycles. The standard InChI is InChI=1S/C12H17N5O3S/c1-3-20-12-13-11(14-15-12)16-21(18,19)17(2)9-10-7-5-4-6-8-10/h4-8H,3,9H2,1-2H3,(H2,13,14,15,16). The van der Waals surface area contributed by atoms with E-state index < -0.39 is 10.2 Å². The molecule has 0 aliphatic rings. The van der Waals surface area contributed by atoms with Gasteiger partial charge in [-0.05, 0) is 12.5 Å². The quantitative estimate of drug-likeness (QED) is 0.794. The summed E-state index contributed by atoms with van der Waals surface area (Å²) < 4.78 is 32.9. The lowest BCUT2D eigenvalue weighted by molar-refractivity contribution is 0.314.